The number of thiol groups is 1. The fraction of sp³-hybridized carbons (Fsp3) is 0.250. The van der Waals surface area contributed by atoms with Crippen molar-refractivity contribution in [2.45, 2.75) is 18.6 Å². The van der Waals surface area contributed by atoms with Gasteiger partial charge in [0.1, 0.15) is 0 Å². The van der Waals surface area contributed by atoms with Crippen LogP contribution in [-0.2, 0) is 4.75 Å². The molecule has 0 bridgehead atoms. The Kier molecular flexibility index (Phi) is 2.94. The van der Waals surface area contributed by atoms with Crippen molar-refractivity contribution in [1.29, 1.82) is 0 Å². The van der Waals surface area contributed by atoms with E-state index in [0.29, 0.717) is 0 Å². The number of nitrogens with zero attached hydrogens (tertiary/aromatic N) is 1. The SMILES string of the molecule is CC(C)(SS)c1cccc2ncccc12. The predicted molar refractivity (Wildman–Crippen MR) is 71.3 cm³/mol. The summed E-state index contributed by atoms with van der Waals surface area (Å²) >= 11 is 4.33. The molecule has 0 aliphatic carbocycles. The van der Waals surface area contributed by atoms with Gasteiger partial charge in [-0.05, 0) is 31.5 Å². The van der Waals surface area contributed by atoms with Crippen molar-refractivity contribution in [1.82, 2.24) is 4.98 Å². The van der Waals surface area contributed by atoms with Gasteiger partial charge in [0.25, 0.3) is 0 Å². The van der Waals surface area contributed by atoms with Crippen LogP contribution >= 0.6 is 22.5 Å². The molecule has 0 amide bonds. The summed E-state index contributed by atoms with van der Waals surface area (Å²) in [5.41, 5.74) is 2.33. The van der Waals surface area contributed by atoms with Crippen molar-refractivity contribution in [3.8, 4) is 0 Å². The topological polar surface area (TPSA) is 12.9 Å². The lowest BCUT2D eigenvalue weighted by molar-refractivity contribution is 0.798. The van der Waals surface area contributed by atoms with Gasteiger partial charge in [-0.25, -0.2) is 0 Å². The molecule has 2 rings (SSSR count). The molecule has 1 aromatic carbocycles. The van der Waals surface area contributed by atoms with Crippen molar-refractivity contribution in [2.75, 3.05) is 0 Å². The van der Waals surface area contributed by atoms with E-state index in [1.807, 2.05) is 18.3 Å². The van der Waals surface area contributed by atoms with E-state index in [-0.39, 0.29) is 4.75 Å². The first kappa shape index (κ1) is 10.8. The molecule has 0 saturated heterocycles. The van der Waals surface area contributed by atoms with Crippen LogP contribution in [-0.4, -0.2) is 4.98 Å². The molecule has 0 aliphatic heterocycles. The average Bonchev–Trinajstić information content (AvgIpc) is 2.28. The van der Waals surface area contributed by atoms with Gasteiger partial charge in [-0.2, -0.15) is 0 Å². The second-order valence-corrected chi connectivity index (χ2v) is 5.73. The minimum atomic E-state index is 0.00561. The highest BCUT2D eigenvalue weighted by atomic mass is 33.1. The van der Waals surface area contributed by atoms with Crippen molar-refractivity contribution in [3.63, 3.8) is 0 Å². The first-order chi connectivity index (χ1) is 7.15. The molecule has 1 nitrogen and oxygen atoms in total. The molecule has 1 aromatic heterocycles. The summed E-state index contributed by atoms with van der Waals surface area (Å²) in [5.74, 6) is 0. The number of benzene rings is 1. The van der Waals surface area contributed by atoms with Gasteiger partial charge in [0, 0.05) is 16.3 Å². The Morgan fingerprint density at radius 3 is 2.73 bits per heavy atom. The zero-order valence-electron chi connectivity index (χ0n) is 8.77. The maximum absolute atomic E-state index is 4.36. The zero-order chi connectivity index (χ0) is 10.9. The van der Waals surface area contributed by atoms with Crippen LogP contribution in [0, 0.1) is 0 Å². The Balaban J connectivity index is 2.71. The molecule has 3 heteroatoms. The van der Waals surface area contributed by atoms with Gasteiger partial charge in [-0.3, -0.25) is 4.98 Å². The molecule has 0 atom stereocenters. The fourth-order valence-corrected chi connectivity index (χ4v) is 2.25. The summed E-state index contributed by atoms with van der Waals surface area (Å²) in [6.07, 6.45) is 1.83. The molecule has 0 unspecified atom stereocenters. The third kappa shape index (κ3) is 1.99. The van der Waals surface area contributed by atoms with Crippen LogP contribution in [0.4, 0.5) is 0 Å². The van der Waals surface area contributed by atoms with Gasteiger partial charge in [-0.1, -0.05) is 29.0 Å². The van der Waals surface area contributed by atoms with Crippen LogP contribution in [0.1, 0.15) is 19.4 Å². The van der Waals surface area contributed by atoms with E-state index >= 15 is 0 Å². The van der Waals surface area contributed by atoms with Gasteiger partial charge in [-0.15, -0.1) is 11.7 Å². The molecule has 0 saturated carbocycles. The Morgan fingerprint density at radius 2 is 2.00 bits per heavy atom. The van der Waals surface area contributed by atoms with Crippen LogP contribution in [0.15, 0.2) is 36.5 Å². The summed E-state index contributed by atoms with van der Waals surface area (Å²) in [5, 5.41) is 1.21. The molecular formula is C12H13NS2. The predicted octanol–water partition coefficient (Wildman–Crippen LogP) is 4.05. The standard InChI is InChI=1S/C12H13NS2/c1-12(2,15-14)10-6-3-7-11-9(10)5-4-8-13-11/h3-8,14H,1-2H3. The van der Waals surface area contributed by atoms with E-state index in [1.165, 1.54) is 10.9 Å². The molecule has 0 N–H and O–H groups in total. The van der Waals surface area contributed by atoms with Crippen LogP contribution in [0.5, 0.6) is 0 Å². The monoisotopic (exact) mass is 235 g/mol. The number of hydrogen-bond donors (Lipinski definition) is 1. The first-order valence-corrected chi connectivity index (χ1v) is 6.69. The highest BCUT2D eigenvalue weighted by Crippen LogP contribution is 2.40. The average molecular weight is 235 g/mol. The molecule has 0 fully saturated rings. The molecule has 0 aliphatic rings. The Labute approximate surface area is 99.1 Å². The molecule has 78 valence electrons. The van der Waals surface area contributed by atoms with Crippen molar-refractivity contribution in [3.05, 3.63) is 42.1 Å². The third-order valence-corrected chi connectivity index (χ3v) is 4.57. The maximum atomic E-state index is 4.36. The van der Waals surface area contributed by atoms with Crippen molar-refractivity contribution in [2.24, 2.45) is 0 Å². The van der Waals surface area contributed by atoms with E-state index in [1.54, 1.807) is 10.8 Å². The number of aromatic nitrogens is 1. The molecular weight excluding hydrogens is 222 g/mol. The van der Waals surface area contributed by atoms with Gasteiger partial charge >= 0.3 is 0 Å². The number of pyridine rings is 1. The second-order valence-electron chi connectivity index (χ2n) is 3.98. The Morgan fingerprint density at radius 1 is 1.20 bits per heavy atom. The summed E-state index contributed by atoms with van der Waals surface area (Å²) in [6.45, 7) is 4.35. The van der Waals surface area contributed by atoms with Crippen molar-refractivity contribution >= 4 is 33.4 Å². The number of fused-ring (bicyclic) bond motifs is 1. The van der Waals surface area contributed by atoms with Crippen LogP contribution in [0.3, 0.4) is 0 Å². The van der Waals surface area contributed by atoms with Crippen LogP contribution < -0.4 is 0 Å². The minimum absolute atomic E-state index is 0.00561. The van der Waals surface area contributed by atoms with Gasteiger partial charge in [0.2, 0.25) is 0 Å². The highest BCUT2D eigenvalue weighted by molar-refractivity contribution is 8.69. The molecule has 1 heterocycles. The lowest BCUT2D eigenvalue weighted by Gasteiger charge is -2.23. The molecule has 0 spiro atoms. The van der Waals surface area contributed by atoms with Crippen LogP contribution in [0.2, 0.25) is 0 Å². The zero-order valence-corrected chi connectivity index (χ0v) is 10.5. The quantitative estimate of drug-likeness (QED) is 0.623. The minimum Gasteiger partial charge on any atom is -0.256 e. The summed E-state index contributed by atoms with van der Waals surface area (Å²) < 4.78 is 0.00561. The first-order valence-electron chi connectivity index (χ1n) is 4.82. The Hall–Kier alpha value is -0.670. The third-order valence-electron chi connectivity index (χ3n) is 2.52. The number of rotatable bonds is 2. The number of hydrogen-bond acceptors (Lipinski definition) is 3. The Bertz CT molecular complexity index is 475. The summed E-state index contributed by atoms with van der Waals surface area (Å²) in [4.78, 5) is 4.36. The lowest BCUT2D eigenvalue weighted by atomic mass is 9.97. The second kappa shape index (κ2) is 4.06. The van der Waals surface area contributed by atoms with Gasteiger partial charge < -0.3 is 0 Å². The summed E-state index contributed by atoms with van der Waals surface area (Å²) in [7, 11) is 1.56. The maximum Gasteiger partial charge on any atom is 0.0705 e. The van der Waals surface area contributed by atoms with Gasteiger partial charge in [0.15, 0.2) is 0 Å². The normalized spacial score (nSPS) is 11.9. The molecule has 15 heavy (non-hydrogen) atoms. The largest absolute Gasteiger partial charge is 0.256 e. The molecule has 2 aromatic rings. The van der Waals surface area contributed by atoms with E-state index in [9.17, 15) is 0 Å². The summed E-state index contributed by atoms with van der Waals surface area (Å²) in [6, 6.07) is 10.3. The highest BCUT2D eigenvalue weighted by Gasteiger charge is 2.21. The fourth-order valence-electron chi connectivity index (χ4n) is 1.68. The lowest BCUT2D eigenvalue weighted by Crippen LogP contribution is -2.10. The smallest absolute Gasteiger partial charge is 0.0705 e. The van der Waals surface area contributed by atoms with E-state index in [0.717, 1.165) is 5.52 Å². The van der Waals surface area contributed by atoms with E-state index < -0.39 is 0 Å². The molecule has 0 radical (unpaired) electrons. The van der Waals surface area contributed by atoms with Gasteiger partial charge in [0.05, 0.1) is 5.52 Å². The van der Waals surface area contributed by atoms with E-state index in [4.69, 9.17) is 0 Å². The van der Waals surface area contributed by atoms with E-state index in [2.05, 4.69) is 48.7 Å². The van der Waals surface area contributed by atoms with Crippen molar-refractivity contribution < 1.29 is 0 Å². The van der Waals surface area contributed by atoms with Crippen LogP contribution in [0.25, 0.3) is 10.9 Å².